The van der Waals surface area contributed by atoms with E-state index in [1.54, 1.807) is 10.9 Å². The number of benzene rings is 1. The Labute approximate surface area is 146 Å². The number of carbonyl (C=O) groups excluding carboxylic acids is 1. The molecule has 1 saturated carbocycles. The van der Waals surface area contributed by atoms with Crippen LogP contribution in [0.15, 0.2) is 30.5 Å². The number of amides is 1. The van der Waals surface area contributed by atoms with E-state index in [-0.39, 0.29) is 12.1 Å². The molecule has 132 valence electrons. The number of carboxylic acids is 1. The van der Waals surface area contributed by atoms with Gasteiger partial charge in [0.15, 0.2) is 5.69 Å². The zero-order chi connectivity index (χ0) is 18.0. The van der Waals surface area contributed by atoms with Crippen molar-refractivity contribution in [2.75, 3.05) is 0 Å². The molecule has 1 aromatic carbocycles. The molecular weight excluding hydrogens is 320 g/mol. The summed E-state index contributed by atoms with van der Waals surface area (Å²) in [7, 11) is 0. The molecule has 3 rings (SSSR count). The van der Waals surface area contributed by atoms with Crippen molar-refractivity contribution in [1.29, 1.82) is 0 Å². The third-order valence-corrected chi connectivity index (χ3v) is 4.35. The molecule has 1 aliphatic carbocycles. The molecule has 7 nitrogen and oxygen atoms in total. The summed E-state index contributed by atoms with van der Waals surface area (Å²) in [4.78, 5) is 23.6. The Morgan fingerprint density at radius 1 is 1.24 bits per heavy atom. The highest BCUT2D eigenvalue weighted by Gasteiger charge is 2.27. The molecule has 1 atom stereocenters. The van der Waals surface area contributed by atoms with E-state index in [1.807, 2.05) is 24.3 Å². The van der Waals surface area contributed by atoms with Crippen molar-refractivity contribution < 1.29 is 14.7 Å². The maximum atomic E-state index is 12.4. The summed E-state index contributed by atoms with van der Waals surface area (Å²) < 4.78 is 1.69. The molecule has 1 amide bonds. The first-order valence-corrected chi connectivity index (χ1v) is 8.48. The monoisotopic (exact) mass is 342 g/mol. The van der Waals surface area contributed by atoms with E-state index in [4.69, 9.17) is 0 Å². The van der Waals surface area contributed by atoms with Crippen LogP contribution in [0.25, 0.3) is 0 Å². The molecule has 0 saturated heterocycles. The van der Waals surface area contributed by atoms with Crippen LogP contribution < -0.4 is 5.32 Å². The molecule has 2 aromatic rings. The number of rotatable bonds is 7. The Bertz CT molecular complexity index is 763. The number of carbonyl (C=O) groups is 2. The van der Waals surface area contributed by atoms with E-state index < -0.39 is 17.9 Å². The first-order chi connectivity index (χ1) is 11.9. The molecule has 7 heteroatoms. The lowest BCUT2D eigenvalue weighted by atomic mass is 9.97. The fourth-order valence-corrected chi connectivity index (χ4v) is 2.67. The Morgan fingerprint density at radius 2 is 1.88 bits per heavy atom. The van der Waals surface area contributed by atoms with Gasteiger partial charge >= 0.3 is 5.97 Å². The Morgan fingerprint density at radius 3 is 2.44 bits per heavy atom. The van der Waals surface area contributed by atoms with Crippen LogP contribution in [-0.2, 0) is 4.79 Å². The summed E-state index contributed by atoms with van der Waals surface area (Å²) in [5.41, 5.74) is 2.13. The number of hydrogen-bond donors (Lipinski definition) is 2. The van der Waals surface area contributed by atoms with Crippen molar-refractivity contribution >= 4 is 11.9 Å². The SMILES string of the molecule is CC(C)c1ccc(C(CC(=O)O)NC(=O)c2cn(C3CC3)nn2)cc1. The first kappa shape index (κ1) is 17.1. The second kappa shape index (κ2) is 7.04. The minimum atomic E-state index is -0.972. The van der Waals surface area contributed by atoms with Crippen molar-refractivity contribution in [1.82, 2.24) is 20.3 Å². The number of nitrogens with one attached hydrogen (secondary N) is 1. The van der Waals surface area contributed by atoms with Gasteiger partial charge in [0, 0.05) is 0 Å². The number of carboxylic acid groups (broad SMARTS) is 1. The van der Waals surface area contributed by atoms with Gasteiger partial charge in [-0.3, -0.25) is 9.59 Å². The highest BCUT2D eigenvalue weighted by molar-refractivity contribution is 5.92. The minimum absolute atomic E-state index is 0.191. The van der Waals surface area contributed by atoms with Gasteiger partial charge in [-0.15, -0.1) is 5.10 Å². The predicted octanol–water partition coefficient (Wildman–Crippen LogP) is 2.68. The molecule has 1 aromatic heterocycles. The van der Waals surface area contributed by atoms with Crippen LogP contribution in [0, 0.1) is 0 Å². The molecule has 1 aliphatic rings. The van der Waals surface area contributed by atoms with Gasteiger partial charge in [0.1, 0.15) is 0 Å². The van der Waals surface area contributed by atoms with Crippen LogP contribution in [0.3, 0.4) is 0 Å². The quantitative estimate of drug-likeness (QED) is 0.806. The van der Waals surface area contributed by atoms with Crippen LogP contribution in [0.4, 0.5) is 0 Å². The fourth-order valence-electron chi connectivity index (χ4n) is 2.67. The number of nitrogens with zero attached hydrogens (tertiary/aromatic N) is 3. The summed E-state index contributed by atoms with van der Waals surface area (Å²) in [5.74, 6) is -0.995. The predicted molar refractivity (Wildman–Crippen MR) is 91.3 cm³/mol. The topological polar surface area (TPSA) is 97.1 Å². The van der Waals surface area contributed by atoms with E-state index in [1.165, 1.54) is 0 Å². The van der Waals surface area contributed by atoms with Crippen molar-refractivity contribution in [2.24, 2.45) is 0 Å². The van der Waals surface area contributed by atoms with Gasteiger partial charge < -0.3 is 10.4 Å². The molecule has 25 heavy (non-hydrogen) atoms. The number of aromatic nitrogens is 3. The molecule has 1 heterocycles. The van der Waals surface area contributed by atoms with Crippen molar-refractivity contribution in [3.63, 3.8) is 0 Å². The van der Waals surface area contributed by atoms with Gasteiger partial charge in [-0.2, -0.15) is 0 Å². The smallest absolute Gasteiger partial charge is 0.305 e. The van der Waals surface area contributed by atoms with Gasteiger partial charge in [0.2, 0.25) is 0 Å². The summed E-state index contributed by atoms with van der Waals surface area (Å²) in [6.07, 6.45) is 3.53. The Hall–Kier alpha value is -2.70. The minimum Gasteiger partial charge on any atom is -0.481 e. The van der Waals surface area contributed by atoms with Crippen molar-refractivity contribution in [2.45, 2.75) is 51.1 Å². The molecule has 0 spiro atoms. The molecule has 2 N–H and O–H groups in total. The van der Waals surface area contributed by atoms with Crippen LogP contribution in [0.1, 0.15) is 72.7 Å². The largest absolute Gasteiger partial charge is 0.481 e. The first-order valence-electron chi connectivity index (χ1n) is 8.48. The van der Waals surface area contributed by atoms with Crippen LogP contribution in [0.2, 0.25) is 0 Å². The molecule has 1 fully saturated rings. The standard InChI is InChI=1S/C18H22N4O3/c1-11(2)12-3-5-13(6-4-12)15(9-17(23)24)19-18(25)16-10-22(21-20-16)14-7-8-14/h3-6,10-11,14-15H,7-9H2,1-2H3,(H,19,25)(H,23,24). The highest BCUT2D eigenvalue weighted by Crippen LogP contribution is 2.33. The molecular formula is C18H22N4O3. The van der Waals surface area contributed by atoms with Gasteiger partial charge in [0.05, 0.1) is 24.7 Å². The molecule has 1 unspecified atom stereocenters. The number of aliphatic carboxylic acids is 1. The van der Waals surface area contributed by atoms with Crippen LogP contribution in [-0.4, -0.2) is 32.0 Å². The van der Waals surface area contributed by atoms with Gasteiger partial charge in [-0.25, -0.2) is 4.68 Å². The van der Waals surface area contributed by atoms with E-state index in [9.17, 15) is 14.7 Å². The van der Waals surface area contributed by atoms with E-state index >= 15 is 0 Å². The third-order valence-electron chi connectivity index (χ3n) is 4.35. The summed E-state index contributed by atoms with van der Waals surface area (Å²) in [5, 5.41) is 19.8. The average Bonchev–Trinajstić information content (AvgIpc) is 3.30. The molecule has 0 radical (unpaired) electrons. The lowest BCUT2D eigenvalue weighted by Gasteiger charge is -2.17. The van der Waals surface area contributed by atoms with Crippen LogP contribution >= 0.6 is 0 Å². The van der Waals surface area contributed by atoms with Crippen molar-refractivity contribution in [3.8, 4) is 0 Å². The van der Waals surface area contributed by atoms with Crippen LogP contribution in [0.5, 0.6) is 0 Å². The summed E-state index contributed by atoms with van der Waals surface area (Å²) in [6.45, 7) is 4.18. The molecule has 0 bridgehead atoms. The second-order valence-corrected chi connectivity index (χ2v) is 6.76. The zero-order valence-corrected chi connectivity index (χ0v) is 14.3. The maximum Gasteiger partial charge on any atom is 0.305 e. The van der Waals surface area contributed by atoms with Gasteiger partial charge in [-0.1, -0.05) is 43.3 Å². The Kier molecular flexibility index (Phi) is 4.83. The van der Waals surface area contributed by atoms with E-state index in [0.717, 1.165) is 24.0 Å². The fraction of sp³-hybridized carbons (Fsp3) is 0.444. The second-order valence-electron chi connectivity index (χ2n) is 6.76. The van der Waals surface area contributed by atoms with Gasteiger partial charge in [-0.05, 0) is 29.9 Å². The van der Waals surface area contributed by atoms with E-state index in [2.05, 4.69) is 29.5 Å². The van der Waals surface area contributed by atoms with E-state index in [0.29, 0.717) is 12.0 Å². The highest BCUT2D eigenvalue weighted by atomic mass is 16.4. The lowest BCUT2D eigenvalue weighted by Crippen LogP contribution is -2.30. The lowest BCUT2D eigenvalue weighted by molar-refractivity contribution is -0.137. The van der Waals surface area contributed by atoms with Gasteiger partial charge in [0.25, 0.3) is 5.91 Å². The van der Waals surface area contributed by atoms with Crippen molar-refractivity contribution in [3.05, 3.63) is 47.3 Å². The summed E-state index contributed by atoms with van der Waals surface area (Å²) in [6, 6.07) is 7.38. The normalized spacial score (nSPS) is 15.2. The maximum absolute atomic E-state index is 12.4. The Balaban J connectivity index is 1.75. The zero-order valence-electron chi connectivity index (χ0n) is 14.3. The average molecular weight is 342 g/mol. The molecule has 0 aliphatic heterocycles. The number of hydrogen-bond acceptors (Lipinski definition) is 4. The third kappa shape index (κ3) is 4.23. The summed E-state index contributed by atoms with van der Waals surface area (Å²) >= 11 is 0.